The highest BCUT2D eigenvalue weighted by Gasteiger charge is 2.35. The number of hydrogen-bond acceptors (Lipinski definition) is 4. The topological polar surface area (TPSA) is 49.9 Å². The molecule has 0 N–H and O–H groups in total. The minimum atomic E-state index is -0.468. The third kappa shape index (κ3) is 2.44. The number of anilines is 1. The van der Waals surface area contributed by atoms with Crippen molar-refractivity contribution in [3.63, 3.8) is 0 Å². The van der Waals surface area contributed by atoms with Crippen LogP contribution in [0, 0.1) is 0 Å². The first-order valence-corrected chi connectivity index (χ1v) is 7.00. The van der Waals surface area contributed by atoms with Gasteiger partial charge in [0, 0.05) is 31.2 Å². The van der Waals surface area contributed by atoms with Gasteiger partial charge in [-0.05, 0) is 18.2 Å². The van der Waals surface area contributed by atoms with Crippen molar-refractivity contribution in [1.29, 1.82) is 0 Å². The number of amides is 1. The number of hydrogen-bond donors (Lipinski definition) is 0. The smallest absolute Gasteiger partial charge is 0.299 e. The molecule has 106 valence electrons. The lowest BCUT2D eigenvalue weighted by Crippen LogP contribution is -2.42. The van der Waals surface area contributed by atoms with Crippen LogP contribution in [0.5, 0.6) is 0 Å². The van der Waals surface area contributed by atoms with Crippen LogP contribution in [0.4, 0.5) is 5.69 Å². The van der Waals surface area contributed by atoms with Crippen molar-refractivity contribution in [3.05, 3.63) is 28.8 Å². The summed E-state index contributed by atoms with van der Waals surface area (Å²) in [5.74, 6) is -0.931. The number of fused-ring (bicyclic) bond motifs is 1. The third-order valence-electron chi connectivity index (χ3n) is 3.68. The molecule has 3 rings (SSSR count). The molecule has 5 nitrogen and oxygen atoms in total. The fourth-order valence-corrected chi connectivity index (χ4v) is 2.73. The van der Waals surface area contributed by atoms with Crippen LogP contribution in [0.2, 0.25) is 5.02 Å². The maximum atomic E-state index is 12.0. The first-order valence-electron chi connectivity index (χ1n) is 6.62. The molecule has 0 atom stereocenters. The molecule has 0 bridgehead atoms. The number of carbonyl (C=O) groups excluding carboxylic acids is 2. The second kappa shape index (κ2) is 5.52. The lowest BCUT2D eigenvalue weighted by Gasteiger charge is -2.28. The van der Waals surface area contributed by atoms with Gasteiger partial charge in [0.05, 0.1) is 24.5 Å². The number of rotatable bonds is 3. The van der Waals surface area contributed by atoms with Crippen molar-refractivity contribution in [2.45, 2.75) is 0 Å². The van der Waals surface area contributed by atoms with Crippen molar-refractivity contribution in [2.24, 2.45) is 0 Å². The van der Waals surface area contributed by atoms with E-state index in [1.807, 2.05) is 0 Å². The lowest BCUT2D eigenvalue weighted by atomic mass is 10.1. The number of benzene rings is 1. The van der Waals surface area contributed by atoms with Crippen LogP contribution in [-0.4, -0.2) is 56.0 Å². The summed E-state index contributed by atoms with van der Waals surface area (Å²) < 4.78 is 5.29. The molecule has 0 spiro atoms. The summed E-state index contributed by atoms with van der Waals surface area (Å²) in [6.45, 7) is 4.43. The van der Waals surface area contributed by atoms with E-state index >= 15 is 0 Å². The van der Waals surface area contributed by atoms with Gasteiger partial charge < -0.3 is 9.64 Å². The summed E-state index contributed by atoms with van der Waals surface area (Å²) in [7, 11) is 0. The van der Waals surface area contributed by atoms with E-state index in [1.54, 1.807) is 23.1 Å². The number of carbonyl (C=O) groups is 2. The fraction of sp³-hybridized carbons (Fsp3) is 0.429. The molecule has 20 heavy (non-hydrogen) atoms. The first kappa shape index (κ1) is 13.5. The van der Waals surface area contributed by atoms with E-state index in [1.165, 1.54) is 0 Å². The Kier molecular flexibility index (Phi) is 3.74. The van der Waals surface area contributed by atoms with Gasteiger partial charge in [-0.1, -0.05) is 11.6 Å². The van der Waals surface area contributed by atoms with Crippen LogP contribution in [0.25, 0.3) is 0 Å². The minimum Gasteiger partial charge on any atom is -0.379 e. The van der Waals surface area contributed by atoms with E-state index in [0.29, 0.717) is 22.8 Å². The summed E-state index contributed by atoms with van der Waals surface area (Å²) in [6, 6.07) is 5.00. The molecule has 1 saturated heterocycles. The summed E-state index contributed by atoms with van der Waals surface area (Å²) in [4.78, 5) is 27.7. The van der Waals surface area contributed by atoms with Crippen molar-refractivity contribution >= 4 is 29.0 Å². The quantitative estimate of drug-likeness (QED) is 0.786. The summed E-state index contributed by atoms with van der Waals surface area (Å²) in [5.41, 5.74) is 1.07. The van der Waals surface area contributed by atoms with Crippen LogP contribution in [0.15, 0.2) is 18.2 Å². The Labute approximate surface area is 122 Å². The Morgan fingerprint density at radius 3 is 2.65 bits per heavy atom. The van der Waals surface area contributed by atoms with Crippen LogP contribution in [0.1, 0.15) is 10.4 Å². The molecule has 0 radical (unpaired) electrons. The average molecular weight is 295 g/mol. The standard InChI is InChI=1S/C14H15ClN2O3/c15-10-1-2-12-11(9-10)13(18)14(19)17(12)4-3-16-5-7-20-8-6-16/h1-2,9H,3-8H2. The molecule has 2 aliphatic heterocycles. The van der Waals surface area contributed by atoms with E-state index < -0.39 is 11.7 Å². The highest BCUT2D eigenvalue weighted by molar-refractivity contribution is 6.52. The first-order chi connectivity index (χ1) is 9.66. The molecular weight excluding hydrogens is 280 g/mol. The van der Waals surface area contributed by atoms with Crippen molar-refractivity contribution in [2.75, 3.05) is 44.3 Å². The molecule has 1 aromatic rings. The molecule has 1 amide bonds. The van der Waals surface area contributed by atoms with E-state index in [-0.39, 0.29) is 0 Å². The Morgan fingerprint density at radius 2 is 1.90 bits per heavy atom. The Morgan fingerprint density at radius 1 is 1.15 bits per heavy atom. The fourth-order valence-electron chi connectivity index (χ4n) is 2.56. The number of halogens is 1. The third-order valence-corrected chi connectivity index (χ3v) is 3.91. The summed E-state index contributed by atoms with van der Waals surface area (Å²) >= 11 is 5.88. The number of Topliss-reactive ketones (excluding diaryl/α,β-unsaturated/α-hetero) is 1. The van der Waals surface area contributed by atoms with Crippen molar-refractivity contribution in [3.8, 4) is 0 Å². The normalized spacial score (nSPS) is 19.6. The zero-order valence-electron chi connectivity index (χ0n) is 11.0. The highest BCUT2D eigenvalue weighted by atomic mass is 35.5. The molecule has 0 aromatic heterocycles. The molecule has 2 aliphatic rings. The van der Waals surface area contributed by atoms with Gasteiger partial charge in [0.2, 0.25) is 0 Å². The maximum Gasteiger partial charge on any atom is 0.299 e. The van der Waals surface area contributed by atoms with E-state index in [2.05, 4.69) is 4.90 Å². The van der Waals surface area contributed by atoms with Crippen LogP contribution < -0.4 is 4.90 Å². The average Bonchev–Trinajstić information content (AvgIpc) is 2.70. The zero-order chi connectivity index (χ0) is 14.1. The Hall–Kier alpha value is -1.43. The van der Waals surface area contributed by atoms with Crippen molar-refractivity contribution in [1.82, 2.24) is 4.90 Å². The molecule has 1 aromatic carbocycles. The summed E-state index contributed by atoms with van der Waals surface area (Å²) in [6.07, 6.45) is 0. The molecular formula is C14H15ClN2O3. The lowest BCUT2D eigenvalue weighted by molar-refractivity contribution is -0.114. The maximum absolute atomic E-state index is 12.0. The predicted molar refractivity (Wildman–Crippen MR) is 75.4 cm³/mol. The molecule has 0 saturated carbocycles. The molecule has 6 heteroatoms. The van der Waals surface area contributed by atoms with Gasteiger partial charge in [-0.15, -0.1) is 0 Å². The van der Waals surface area contributed by atoms with E-state index in [9.17, 15) is 9.59 Å². The van der Waals surface area contributed by atoms with Crippen LogP contribution in [0.3, 0.4) is 0 Å². The van der Waals surface area contributed by atoms with E-state index in [4.69, 9.17) is 16.3 Å². The minimum absolute atomic E-state index is 0.407. The Bertz CT molecular complexity index is 555. The van der Waals surface area contributed by atoms with Gasteiger partial charge in [-0.3, -0.25) is 14.5 Å². The molecule has 0 unspecified atom stereocenters. The SMILES string of the molecule is O=C1C(=O)N(CCN2CCOCC2)c2ccc(Cl)cc21. The number of nitrogens with zero attached hydrogens (tertiary/aromatic N) is 2. The second-order valence-electron chi connectivity index (χ2n) is 4.90. The largest absolute Gasteiger partial charge is 0.379 e. The summed E-state index contributed by atoms with van der Waals surface area (Å²) in [5, 5.41) is 0.472. The van der Waals surface area contributed by atoms with Crippen LogP contribution in [-0.2, 0) is 9.53 Å². The predicted octanol–water partition coefficient (Wildman–Crippen LogP) is 1.20. The molecule has 2 heterocycles. The van der Waals surface area contributed by atoms with E-state index in [0.717, 1.165) is 32.8 Å². The highest BCUT2D eigenvalue weighted by Crippen LogP contribution is 2.30. The van der Waals surface area contributed by atoms with Gasteiger partial charge in [0.15, 0.2) is 0 Å². The van der Waals surface area contributed by atoms with Gasteiger partial charge in [-0.25, -0.2) is 0 Å². The number of ketones is 1. The van der Waals surface area contributed by atoms with Crippen molar-refractivity contribution < 1.29 is 14.3 Å². The zero-order valence-corrected chi connectivity index (χ0v) is 11.7. The van der Waals surface area contributed by atoms with Gasteiger partial charge in [0.25, 0.3) is 11.7 Å². The number of ether oxygens (including phenoxy) is 1. The molecule has 0 aliphatic carbocycles. The Balaban J connectivity index is 1.74. The number of morpholine rings is 1. The van der Waals surface area contributed by atoms with Gasteiger partial charge in [-0.2, -0.15) is 0 Å². The second-order valence-corrected chi connectivity index (χ2v) is 5.34. The molecule has 1 fully saturated rings. The monoisotopic (exact) mass is 294 g/mol. The van der Waals surface area contributed by atoms with Gasteiger partial charge >= 0.3 is 0 Å². The van der Waals surface area contributed by atoms with Gasteiger partial charge in [0.1, 0.15) is 0 Å². The van der Waals surface area contributed by atoms with Crippen LogP contribution >= 0.6 is 11.6 Å².